The highest BCUT2D eigenvalue weighted by Crippen LogP contribution is 2.20. The van der Waals surface area contributed by atoms with Gasteiger partial charge in [0.2, 0.25) is 5.91 Å². The molecule has 4 heteroatoms. The zero-order valence-corrected chi connectivity index (χ0v) is 13.2. The Kier molecular flexibility index (Phi) is 7.03. The number of piperazine rings is 1. The van der Waals surface area contributed by atoms with Crippen LogP contribution in [0, 0.1) is 0 Å². The summed E-state index contributed by atoms with van der Waals surface area (Å²) in [6.07, 6.45) is 1.68. The Morgan fingerprint density at radius 3 is 2.40 bits per heavy atom. The number of nitrogens with one attached hydrogen (secondary N) is 1. The van der Waals surface area contributed by atoms with Crippen molar-refractivity contribution in [2.45, 2.75) is 32.6 Å². The summed E-state index contributed by atoms with van der Waals surface area (Å²) in [6, 6.07) is 8.66. The van der Waals surface area contributed by atoms with Gasteiger partial charge in [-0.05, 0) is 23.5 Å². The van der Waals surface area contributed by atoms with E-state index in [1.54, 1.807) is 0 Å². The number of halogens is 1. The second kappa shape index (κ2) is 8.28. The number of carbonyl (C=O) groups excluding carboxylic acids is 1. The van der Waals surface area contributed by atoms with Crippen LogP contribution >= 0.6 is 12.4 Å². The molecule has 112 valence electrons. The highest BCUT2D eigenvalue weighted by Gasteiger charge is 2.19. The van der Waals surface area contributed by atoms with E-state index in [1.165, 1.54) is 11.1 Å². The van der Waals surface area contributed by atoms with Crippen molar-refractivity contribution in [1.29, 1.82) is 0 Å². The van der Waals surface area contributed by atoms with Gasteiger partial charge in [0.15, 0.2) is 0 Å². The smallest absolute Gasteiger partial charge is 0.223 e. The summed E-state index contributed by atoms with van der Waals surface area (Å²) in [4.78, 5) is 14.2. The van der Waals surface area contributed by atoms with Crippen LogP contribution in [-0.4, -0.2) is 37.0 Å². The topological polar surface area (TPSA) is 32.3 Å². The predicted octanol–water partition coefficient (Wildman–Crippen LogP) is 2.60. The Balaban J connectivity index is 0.00000200. The van der Waals surface area contributed by atoms with Crippen LogP contribution in [0.1, 0.15) is 37.3 Å². The van der Waals surface area contributed by atoms with Gasteiger partial charge in [-0.3, -0.25) is 4.79 Å². The molecule has 0 aliphatic carbocycles. The summed E-state index contributed by atoms with van der Waals surface area (Å²) in [5.74, 6) is 0.585. The summed E-state index contributed by atoms with van der Waals surface area (Å²) in [7, 11) is 0. The van der Waals surface area contributed by atoms with Crippen molar-refractivity contribution in [2.24, 2.45) is 0 Å². The van der Waals surface area contributed by atoms with Crippen molar-refractivity contribution >= 4 is 18.3 Å². The molecule has 2 rings (SSSR count). The maximum Gasteiger partial charge on any atom is 0.223 e. The van der Waals surface area contributed by atoms with Gasteiger partial charge in [-0.1, -0.05) is 38.1 Å². The van der Waals surface area contributed by atoms with Crippen molar-refractivity contribution in [1.82, 2.24) is 10.2 Å². The highest BCUT2D eigenvalue weighted by molar-refractivity contribution is 5.85. The first-order valence-electron chi connectivity index (χ1n) is 7.28. The van der Waals surface area contributed by atoms with Gasteiger partial charge >= 0.3 is 0 Å². The lowest BCUT2D eigenvalue weighted by atomic mass is 9.95. The Labute approximate surface area is 128 Å². The lowest BCUT2D eigenvalue weighted by Gasteiger charge is -2.28. The van der Waals surface area contributed by atoms with Gasteiger partial charge in [0.05, 0.1) is 0 Å². The first kappa shape index (κ1) is 17.0. The third kappa shape index (κ3) is 4.50. The number of hydrogen-bond acceptors (Lipinski definition) is 2. The predicted molar refractivity (Wildman–Crippen MR) is 85.5 cm³/mol. The minimum atomic E-state index is 0. The molecular formula is C16H25ClN2O. The van der Waals surface area contributed by atoms with Crippen LogP contribution in [0.2, 0.25) is 0 Å². The van der Waals surface area contributed by atoms with E-state index >= 15 is 0 Å². The summed E-state index contributed by atoms with van der Waals surface area (Å²) < 4.78 is 0. The fourth-order valence-electron chi connectivity index (χ4n) is 2.50. The highest BCUT2D eigenvalue weighted by atomic mass is 35.5. The Hall–Kier alpha value is -1.06. The lowest BCUT2D eigenvalue weighted by Crippen LogP contribution is -2.46. The number of amides is 1. The van der Waals surface area contributed by atoms with Gasteiger partial charge < -0.3 is 10.2 Å². The van der Waals surface area contributed by atoms with Crippen molar-refractivity contribution in [3.05, 3.63) is 35.4 Å². The molecule has 1 aromatic rings. The van der Waals surface area contributed by atoms with E-state index in [2.05, 4.69) is 43.4 Å². The third-order valence-corrected chi connectivity index (χ3v) is 3.91. The van der Waals surface area contributed by atoms with E-state index in [0.29, 0.717) is 12.3 Å². The molecule has 1 saturated heterocycles. The minimum Gasteiger partial charge on any atom is -0.340 e. The summed E-state index contributed by atoms with van der Waals surface area (Å²) >= 11 is 0. The van der Waals surface area contributed by atoms with Gasteiger partial charge in [-0.15, -0.1) is 12.4 Å². The molecule has 0 radical (unpaired) electrons. The van der Waals surface area contributed by atoms with Crippen LogP contribution in [0.3, 0.4) is 0 Å². The Morgan fingerprint density at radius 1 is 1.25 bits per heavy atom. The fraction of sp³-hybridized carbons (Fsp3) is 0.562. The molecule has 1 fully saturated rings. The maximum atomic E-state index is 12.2. The van der Waals surface area contributed by atoms with E-state index in [9.17, 15) is 4.79 Å². The molecule has 0 saturated carbocycles. The van der Waals surface area contributed by atoms with Crippen LogP contribution in [-0.2, 0) is 11.2 Å². The van der Waals surface area contributed by atoms with E-state index in [0.717, 1.165) is 32.6 Å². The first-order chi connectivity index (χ1) is 9.20. The molecule has 0 aromatic heterocycles. The molecule has 1 atom stereocenters. The SMILES string of the molecule is CCc1ccc(C(C)CC(=O)N2CCNCC2)cc1.Cl. The molecule has 1 heterocycles. The molecule has 1 aliphatic heterocycles. The molecule has 0 bridgehead atoms. The van der Waals surface area contributed by atoms with E-state index in [-0.39, 0.29) is 18.3 Å². The van der Waals surface area contributed by atoms with Crippen LogP contribution in [0.25, 0.3) is 0 Å². The zero-order chi connectivity index (χ0) is 13.7. The average Bonchev–Trinajstić information content (AvgIpc) is 2.48. The van der Waals surface area contributed by atoms with Gasteiger partial charge in [-0.25, -0.2) is 0 Å². The van der Waals surface area contributed by atoms with Gasteiger partial charge in [-0.2, -0.15) is 0 Å². The number of hydrogen-bond donors (Lipinski definition) is 1. The maximum absolute atomic E-state index is 12.2. The second-order valence-electron chi connectivity index (χ2n) is 5.33. The standard InChI is InChI=1S/C16H24N2O.ClH/c1-3-14-4-6-15(7-5-14)13(2)12-16(19)18-10-8-17-9-11-18;/h4-7,13,17H,3,8-12H2,1-2H3;1H. The number of rotatable bonds is 4. The first-order valence-corrected chi connectivity index (χ1v) is 7.28. The van der Waals surface area contributed by atoms with Gasteiger partial charge in [0.1, 0.15) is 0 Å². The van der Waals surface area contributed by atoms with Crippen LogP contribution < -0.4 is 5.32 Å². The van der Waals surface area contributed by atoms with Crippen molar-refractivity contribution in [3.8, 4) is 0 Å². The van der Waals surface area contributed by atoms with Crippen LogP contribution in [0.5, 0.6) is 0 Å². The summed E-state index contributed by atoms with van der Waals surface area (Å²) in [6.45, 7) is 7.84. The zero-order valence-electron chi connectivity index (χ0n) is 12.4. The molecule has 1 unspecified atom stereocenters. The molecule has 20 heavy (non-hydrogen) atoms. The molecule has 1 aromatic carbocycles. The molecule has 1 aliphatic rings. The average molecular weight is 297 g/mol. The van der Waals surface area contributed by atoms with Crippen molar-refractivity contribution < 1.29 is 4.79 Å². The number of nitrogens with zero attached hydrogens (tertiary/aromatic N) is 1. The largest absolute Gasteiger partial charge is 0.340 e. The molecule has 1 amide bonds. The third-order valence-electron chi connectivity index (χ3n) is 3.91. The summed E-state index contributed by atoms with van der Waals surface area (Å²) in [5, 5.41) is 3.27. The molecular weight excluding hydrogens is 272 g/mol. The lowest BCUT2D eigenvalue weighted by molar-refractivity contribution is -0.132. The molecule has 0 spiro atoms. The Morgan fingerprint density at radius 2 is 1.85 bits per heavy atom. The second-order valence-corrected chi connectivity index (χ2v) is 5.33. The normalized spacial score (nSPS) is 16.4. The van der Waals surface area contributed by atoms with Crippen molar-refractivity contribution in [3.63, 3.8) is 0 Å². The number of aryl methyl sites for hydroxylation is 1. The van der Waals surface area contributed by atoms with Gasteiger partial charge in [0.25, 0.3) is 0 Å². The van der Waals surface area contributed by atoms with Crippen molar-refractivity contribution in [2.75, 3.05) is 26.2 Å². The molecule has 3 nitrogen and oxygen atoms in total. The Bertz CT molecular complexity index is 413. The molecule has 1 N–H and O–H groups in total. The summed E-state index contributed by atoms with van der Waals surface area (Å²) in [5.41, 5.74) is 2.62. The van der Waals surface area contributed by atoms with Crippen LogP contribution in [0.4, 0.5) is 0 Å². The van der Waals surface area contributed by atoms with E-state index < -0.39 is 0 Å². The number of carbonyl (C=O) groups is 1. The quantitative estimate of drug-likeness (QED) is 0.926. The van der Waals surface area contributed by atoms with E-state index in [1.807, 2.05) is 4.90 Å². The van der Waals surface area contributed by atoms with Crippen LogP contribution in [0.15, 0.2) is 24.3 Å². The van der Waals surface area contributed by atoms with E-state index in [4.69, 9.17) is 0 Å². The van der Waals surface area contributed by atoms with Gasteiger partial charge in [0, 0.05) is 32.6 Å². The fourth-order valence-corrected chi connectivity index (χ4v) is 2.50. The number of benzene rings is 1. The minimum absolute atomic E-state index is 0. The monoisotopic (exact) mass is 296 g/mol.